The molecule has 1 rings (SSSR count). The first kappa shape index (κ1) is 26.9. The number of carboxylic acids is 2. The van der Waals surface area contributed by atoms with Gasteiger partial charge < -0.3 is 36.9 Å². The summed E-state index contributed by atoms with van der Waals surface area (Å²) in [7, 11) is 0. The van der Waals surface area contributed by atoms with E-state index in [-0.39, 0.29) is 12.2 Å². The first-order valence-corrected chi connectivity index (χ1v) is 10.3. The van der Waals surface area contributed by atoms with Crippen molar-refractivity contribution < 1.29 is 34.2 Å². The number of hydrogen-bond acceptors (Lipinski definition) is 8. The van der Waals surface area contributed by atoms with E-state index in [2.05, 4.69) is 38.5 Å². The highest BCUT2D eigenvalue weighted by atomic mass is 32.1. The van der Waals surface area contributed by atoms with Crippen LogP contribution in [-0.4, -0.2) is 79.8 Å². The number of carbonyl (C=O) groups excluding carboxylic acids is 3. The molecule has 178 valence electrons. The molecule has 4 unspecified atom stereocenters. The van der Waals surface area contributed by atoms with Gasteiger partial charge in [0.15, 0.2) is 0 Å². The van der Waals surface area contributed by atoms with Crippen molar-refractivity contribution >= 4 is 42.3 Å². The van der Waals surface area contributed by atoms with Crippen LogP contribution in [0, 0.1) is 5.92 Å². The molecule has 1 aromatic rings. The van der Waals surface area contributed by atoms with E-state index < -0.39 is 66.2 Å². The topological polar surface area (TPSA) is 217 Å². The van der Waals surface area contributed by atoms with Crippen LogP contribution in [0.3, 0.4) is 0 Å². The Morgan fingerprint density at radius 1 is 1.06 bits per heavy atom. The van der Waals surface area contributed by atoms with Gasteiger partial charge in [-0.05, 0) is 5.92 Å². The van der Waals surface area contributed by atoms with Gasteiger partial charge in [0.05, 0.1) is 18.8 Å². The second kappa shape index (κ2) is 12.7. The van der Waals surface area contributed by atoms with E-state index in [9.17, 15) is 29.1 Å². The van der Waals surface area contributed by atoms with Crippen LogP contribution >= 0.6 is 12.6 Å². The predicted octanol–water partition coefficient (Wildman–Crippen LogP) is -2.12. The summed E-state index contributed by atoms with van der Waals surface area (Å²) >= 11 is 3.88. The van der Waals surface area contributed by atoms with Crippen molar-refractivity contribution in [2.24, 2.45) is 11.7 Å². The predicted molar refractivity (Wildman–Crippen MR) is 115 cm³/mol. The summed E-state index contributed by atoms with van der Waals surface area (Å²) in [4.78, 5) is 66.8. The largest absolute Gasteiger partial charge is 0.481 e. The van der Waals surface area contributed by atoms with Gasteiger partial charge in [-0.25, -0.2) is 9.78 Å². The summed E-state index contributed by atoms with van der Waals surface area (Å²) in [5.41, 5.74) is 6.00. The van der Waals surface area contributed by atoms with Crippen molar-refractivity contribution in [3.05, 3.63) is 18.2 Å². The first-order chi connectivity index (χ1) is 15.0. The molecule has 0 aliphatic rings. The van der Waals surface area contributed by atoms with Crippen LogP contribution in [-0.2, 0) is 30.4 Å². The van der Waals surface area contributed by atoms with Gasteiger partial charge in [0.25, 0.3) is 0 Å². The number of thiol groups is 1. The number of imidazole rings is 1. The van der Waals surface area contributed by atoms with Crippen LogP contribution in [0.4, 0.5) is 0 Å². The molecular formula is C18H28N6O7S. The summed E-state index contributed by atoms with van der Waals surface area (Å²) < 4.78 is 0. The molecule has 0 radical (unpaired) electrons. The highest BCUT2D eigenvalue weighted by Crippen LogP contribution is 2.06. The molecule has 0 spiro atoms. The van der Waals surface area contributed by atoms with Gasteiger partial charge in [0, 0.05) is 24.1 Å². The number of nitrogens with two attached hydrogens (primary N) is 1. The third-order valence-electron chi connectivity index (χ3n) is 4.39. The molecule has 4 atom stereocenters. The Morgan fingerprint density at radius 3 is 2.12 bits per heavy atom. The van der Waals surface area contributed by atoms with Gasteiger partial charge in [-0.15, -0.1) is 0 Å². The minimum absolute atomic E-state index is 0.0378. The number of rotatable bonds is 13. The lowest BCUT2D eigenvalue weighted by Crippen LogP contribution is -2.58. The molecule has 8 N–H and O–H groups in total. The van der Waals surface area contributed by atoms with E-state index in [0.717, 1.165) is 0 Å². The van der Waals surface area contributed by atoms with Crippen molar-refractivity contribution in [2.75, 3.05) is 5.75 Å². The number of aliphatic carboxylic acids is 2. The fourth-order valence-corrected chi connectivity index (χ4v) is 2.78. The van der Waals surface area contributed by atoms with E-state index in [1.165, 1.54) is 12.5 Å². The Kier molecular flexibility index (Phi) is 10.6. The second-order valence-electron chi connectivity index (χ2n) is 7.36. The average molecular weight is 473 g/mol. The number of carboxylic acid groups (broad SMARTS) is 2. The molecule has 0 saturated heterocycles. The quantitative estimate of drug-likeness (QED) is 0.147. The van der Waals surface area contributed by atoms with Crippen molar-refractivity contribution in [3.8, 4) is 0 Å². The Bertz CT molecular complexity index is 817. The van der Waals surface area contributed by atoms with E-state index in [0.29, 0.717) is 5.69 Å². The molecule has 1 heterocycles. The summed E-state index contributed by atoms with van der Waals surface area (Å²) in [6.45, 7) is 3.20. The summed E-state index contributed by atoms with van der Waals surface area (Å²) in [5, 5.41) is 25.4. The van der Waals surface area contributed by atoms with Crippen LogP contribution in [0.2, 0.25) is 0 Å². The monoisotopic (exact) mass is 472 g/mol. The highest BCUT2D eigenvalue weighted by Gasteiger charge is 2.32. The molecule has 0 bridgehead atoms. The fraction of sp³-hybridized carbons (Fsp3) is 0.556. The van der Waals surface area contributed by atoms with E-state index in [4.69, 9.17) is 10.8 Å². The maximum absolute atomic E-state index is 12.8. The number of H-pyrrole nitrogens is 1. The smallest absolute Gasteiger partial charge is 0.326 e. The van der Waals surface area contributed by atoms with Crippen molar-refractivity contribution in [1.82, 2.24) is 25.9 Å². The Labute approximate surface area is 189 Å². The zero-order valence-electron chi connectivity index (χ0n) is 17.6. The molecule has 0 saturated carbocycles. The van der Waals surface area contributed by atoms with E-state index in [1.807, 2.05) is 0 Å². The molecular weight excluding hydrogens is 444 g/mol. The summed E-state index contributed by atoms with van der Waals surface area (Å²) in [6.07, 6.45) is 1.91. The zero-order chi connectivity index (χ0) is 24.4. The third-order valence-corrected chi connectivity index (χ3v) is 4.78. The fourth-order valence-electron chi connectivity index (χ4n) is 2.61. The lowest BCUT2D eigenvalue weighted by molar-refractivity contribution is -0.144. The van der Waals surface area contributed by atoms with Crippen LogP contribution in [0.1, 0.15) is 26.0 Å². The number of nitrogens with one attached hydrogen (secondary N) is 4. The molecule has 3 amide bonds. The van der Waals surface area contributed by atoms with Crippen LogP contribution in [0.25, 0.3) is 0 Å². The normalized spacial score (nSPS) is 14.7. The Balaban J connectivity index is 3.07. The van der Waals surface area contributed by atoms with Crippen molar-refractivity contribution in [2.45, 2.75) is 50.9 Å². The average Bonchev–Trinajstić information content (AvgIpc) is 3.22. The summed E-state index contributed by atoms with van der Waals surface area (Å²) in [5.74, 6) is -5.65. The highest BCUT2D eigenvalue weighted by molar-refractivity contribution is 7.80. The lowest BCUT2D eigenvalue weighted by Gasteiger charge is -2.25. The third kappa shape index (κ3) is 8.55. The van der Waals surface area contributed by atoms with Gasteiger partial charge in [0.1, 0.15) is 18.1 Å². The SMILES string of the molecule is CC(C)C(NC(=O)C(Cc1cnc[nH]1)NC(=O)C(CC(=O)O)NC(=O)C(N)CS)C(=O)O. The second-order valence-corrected chi connectivity index (χ2v) is 7.72. The van der Waals surface area contributed by atoms with Gasteiger partial charge in [-0.1, -0.05) is 13.8 Å². The van der Waals surface area contributed by atoms with E-state index in [1.54, 1.807) is 13.8 Å². The van der Waals surface area contributed by atoms with Gasteiger partial charge in [-0.3, -0.25) is 19.2 Å². The Hall–Kier alpha value is -3.13. The summed E-state index contributed by atoms with van der Waals surface area (Å²) in [6, 6.07) is -5.10. The number of aromatic nitrogens is 2. The molecule has 0 aliphatic heterocycles. The zero-order valence-corrected chi connectivity index (χ0v) is 18.5. The van der Waals surface area contributed by atoms with Gasteiger partial charge >= 0.3 is 11.9 Å². The lowest BCUT2D eigenvalue weighted by atomic mass is 10.0. The molecule has 0 aromatic carbocycles. The van der Waals surface area contributed by atoms with Crippen molar-refractivity contribution in [3.63, 3.8) is 0 Å². The first-order valence-electron chi connectivity index (χ1n) is 9.65. The van der Waals surface area contributed by atoms with Gasteiger partial charge in [0.2, 0.25) is 17.7 Å². The van der Waals surface area contributed by atoms with Crippen molar-refractivity contribution in [1.29, 1.82) is 0 Å². The Morgan fingerprint density at radius 2 is 1.66 bits per heavy atom. The van der Waals surface area contributed by atoms with Crippen LogP contribution in [0.5, 0.6) is 0 Å². The molecule has 32 heavy (non-hydrogen) atoms. The molecule has 1 aromatic heterocycles. The minimum Gasteiger partial charge on any atom is -0.481 e. The minimum atomic E-state index is -1.52. The van der Waals surface area contributed by atoms with Gasteiger partial charge in [-0.2, -0.15) is 12.6 Å². The number of aromatic amines is 1. The number of nitrogens with zero attached hydrogens (tertiary/aromatic N) is 1. The number of hydrogen-bond donors (Lipinski definition) is 8. The number of carbonyl (C=O) groups is 5. The molecule has 13 nitrogen and oxygen atoms in total. The van der Waals surface area contributed by atoms with E-state index >= 15 is 0 Å². The molecule has 0 fully saturated rings. The standard InChI is InChI=1S/C18H28N6O7S/c1-8(2)14(18(30)31)24-17(29)11(3-9-5-20-7-21-9)23-16(28)12(4-13(25)26)22-15(27)10(19)6-32/h5,7-8,10-12,14,32H,3-4,6,19H2,1-2H3,(H,20,21)(H,22,27)(H,23,28)(H,24,29)(H,25,26)(H,30,31). The number of amides is 3. The van der Waals surface area contributed by atoms with Crippen LogP contribution < -0.4 is 21.7 Å². The molecule has 0 aliphatic carbocycles. The molecule has 14 heteroatoms. The van der Waals surface area contributed by atoms with Crippen LogP contribution in [0.15, 0.2) is 12.5 Å². The maximum Gasteiger partial charge on any atom is 0.326 e. The maximum atomic E-state index is 12.8.